The largest absolute Gasteiger partial charge is 0.422 e. The quantitative estimate of drug-likeness (QED) is 0.539. The molecule has 23 heavy (non-hydrogen) atoms. The molecule has 2 saturated heterocycles. The molecule has 1 atom stereocenters. The van der Waals surface area contributed by atoms with Crippen LogP contribution in [0, 0.1) is 5.41 Å². The number of esters is 2. The van der Waals surface area contributed by atoms with Crippen molar-refractivity contribution in [2.24, 2.45) is 5.41 Å². The van der Waals surface area contributed by atoms with Gasteiger partial charge in [0.2, 0.25) is 0 Å². The Balaban J connectivity index is 1.85. The van der Waals surface area contributed by atoms with Gasteiger partial charge < -0.3 is 14.4 Å². The lowest BCUT2D eigenvalue weighted by molar-refractivity contribution is -0.252. The van der Waals surface area contributed by atoms with Crippen LogP contribution in [0.1, 0.15) is 32.3 Å². The van der Waals surface area contributed by atoms with Gasteiger partial charge in [0, 0.05) is 37.5 Å². The number of hydrogen-bond donors (Lipinski definition) is 0. The predicted octanol–water partition coefficient (Wildman–Crippen LogP) is 2.69. The molecule has 0 saturated carbocycles. The summed E-state index contributed by atoms with van der Waals surface area (Å²) >= 11 is 6.13. The second-order valence-electron chi connectivity index (χ2n) is 6.95. The third-order valence-corrected chi connectivity index (χ3v) is 5.29. The number of hydrogen-bond acceptors (Lipinski definition) is 5. The summed E-state index contributed by atoms with van der Waals surface area (Å²) in [5.41, 5.74) is 0.671. The summed E-state index contributed by atoms with van der Waals surface area (Å²) in [7, 11) is 0. The molecule has 3 aliphatic heterocycles. The van der Waals surface area contributed by atoms with E-state index in [1.54, 1.807) is 19.9 Å². The van der Waals surface area contributed by atoms with Crippen molar-refractivity contribution in [3.8, 4) is 0 Å². The fraction of sp³-hybridized carbons (Fsp3) is 0.529. The Labute approximate surface area is 139 Å². The van der Waals surface area contributed by atoms with Gasteiger partial charge in [0.05, 0.1) is 6.04 Å². The molecular formula is C17H18ClNO4. The number of carbonyl (C=O) groups excluding carboxylic acids is 2. The Morgan fingerprint density at radius 2 is 1.91 bits per heavy atom. The maximum absolute atomic E-state index is 12.8. The summed E-state index contributed by atoms with van der Waals surface area (Å²) in [6, 6.07) is 5.35. The van der Waals surface area contributed by atoms with Gasteiger partial charge >= 0.3 is 11.9 Å². The van der Waals surface area contributed by atoms with Crippen molar-refractivity contribution in [1.29, 1.82) is 0 Å². The minimum absolute atomic E-state index is 0.232. The molecule has 0 aliphatic carbocycles. The van der Waals surface area contributed by atoms with E-state index in [0.717, 1.165) is 30.6 Å². The molecule has 0 unspecified atom stereocenters. The van der Waals surface area contributed by atoms with Crippen LogP contribution < -0.4 is 4.90 Å². The van der Waals surface area contributed by atoms with Crippen molar-refractivity contribution >= 4 is 29.2 Å². The van der Waals surface area contributed by atoms with E-state index in [0.29, 0.717) is 11.4 Å². The van der Waals surface area contributed by atoms with Crippen LogP contribution in [0.25, 0.3) is 0 Å². The van der Waals surface area contributed by atoms with E-state index in [-0.39, 0.29) is 6.04 Å². The second kappa shape index (κ2) is 4.63. The lowest BCUT2D eigenvalue weighted by atomic mass is 9.70. The van der Waals surface area contributed by atoms with E-state index in [1.165, 1.54) is 0 Å². The molecule has 3 heterocycles. The van der Waals surface area contributed by atoms with Crippen molar-refractivity contribution in [3.05, 3.63) is 28.8 Å². The van der Waals surface area contributed by atoms with E-state index >= 15 is 0 Å². The van der Waals surface area contributed by atoms with Gasteiger partial charge in [-0.3, -0.25) is 9.59 Å². The highest BCUT2D eigenvalue weighted by Crippen LogP contribution is 2.50. The number of nitrogens with zero attached hydrogens (tertiary/aromatic N) is 1. The number of carbonyl (C=O) groups is 2. The van der Waals surface area contributed by atoms with Crippen LogP contribution in [0.3, 0.4) is 0 Å². The smallest absolute Gasteiger partial charge is 0.329 e. The fourth-order valence-corrected chi connectivity index (χ4v) is 4.26. The molecule has 0 radical (unpaired) electrons. The van der Waals surface area contributed by atoms with Crippen molar-refractivity contribution in [1.82, 2.24) is 0 Å². The summed E-state index contributed by atoms with van der Waals surface area (Å²) in [6.07, 6.45) is 1.98. The van der Waals surface area contributed by atoms with E-state index in [9.17, 15) is 9.59 Å². The van der Waals surface area contributed by atoms with Gasteiger partial charge in [-0.15, -0.1) is 0 Å². The van der Waals surface area contributed by atoms with Crippen LogP contribution in [0.4, 0.5) is 5.69 Å². The first-order valence-electron chi connectivity index (χ1n) is 7.85. The predicted molar refractivity (Wildman–Crippen MR) is 84.2 cm³/mol. The Hall–Kier alpha value is -1.75. The lowest BCUT2D eigenvalue weighted by Crippen LogP contribution is -2.64. The van der Waals surface area contributed by atoms with Crippen LogP contribution in [-0.2, 0) is 25.5 Å². The standard InChI is InChI=1S/C17H18ClNO4/c1-16(2)22-14(20)17(15(21)23-16)9-10-5-6-11(18)8-12(10)19-7-3-4-13(17)19/h5-6,8,13H,3-4,7,9H2,1-2H3/t13-/m0/s1. The van der Waals surface area contributed by atoms with Gasteiger partial charge in [-0.1, -0.05) is 17.7 Å². The normalized spacial score (nSPS) is 27.3. The molecule has 4 rings (SSSR count). The van der Waals surface area contributed by atoms with Gasteiger partial charge in [-0.2, -0.15) is 0 Å². The minimum atomic E-state index is -1.27. The van der Waals surface area contributed by atoms with Crippen molar-refractivity contribution in [3.63, 3.8) is 0 Å². The molecule has 2 fully saturated rings. The SMILES string of the molecule is CC1(C)OC(=O)C2(Cc3ccc(Cl)cc3N3CCC[C@H]32)C(=O)O1. The molecule has 1 aromatic carbocycles. The minimum Gasteiger partial charge on any atom is -0.422 e. The lowest BCUT2D eigenvalue weighted by Gasteiger charge is -2.49. The van der Waals surface area contributed by atoms with Crippen molar-refractivity contribution in [2.75, 3.05) is 11.4 Å². The Kier molecular flexibility index (Phi) is 2.98. The zero-order valence-corrected chi connectivity index (χ0v) is 13.9. The molecule has 122 valence electrons. The van der Waals surface area contributed by atoms with Gasteiger partial charge in [-0.25, -0.2) is 0 Å². The highest BCUT2D eigenvalue weighted by molar-refractivity contribution is 6.30. The maximum atomic E-state index is 12.8. The highest BCUT2D eigenvalue weighted by Gasteiger charge is 2.64. The zero-order valence-electron chi connectivity index (χ0n) is 13.1. The summed E-state index contributed by atoms with van der Waals surface area (Å²) in [5, 5.41) is 0.653. The van der Waals surface area contributed by atoms with Crippen LogP contribution in [0.15, 0.2) is 18.2 Å². The zero-order chi connectivity index (χ0) is 16.4. The van der Waals surface area contributed by atoms with E-state index in [2.05, 4.69) is 4.90 Å². The molecule has 1 spiro atoms. The molecular weight excluding hydrogens is 318 g/mol. The number of halogens is 1. The summed E-state index contributed by atoms with van der Waals surface area (Å²) in [6.45, 7) is 3.96. The van der Waals surface area contributed by atoms with E-state index < -0.39 is 23.1 Å². The highest BCUT2D eigenvalue weighted by atomic mass is 35.5. The van der Waals surface area contributed by atoms with Crippen LogP contribution >= 0.6 is 11.6 Å². The molecule has 6 heteroatoms. The summed E-state index contributed by atoms with van der Waals surface area (Å²) < 4.78 is 10.9. The number of cyclic esters (lactones) is 2. The fourth-order valence-electron chi connectivity index (χ4n) is 4.09. The van der Waals surface area contributed by atoms with E-state index in [4.69, 9.17) is 21.1 Å². The molecule has 1 aromatic rings. The Bertz CT molecular complexity index is 695. The van der Waals surface area contributed by atoms with E-state index in [1.807, 2.05) is 12.1 Å². The van der Waals surface area contributed by atoms with Gasteiger partial charge in [0.25, 0.3) is 5.79 Å². The van der Waals surface area contributed by atoms with Gasteiger partial charge in [0.15, 0.2) is 5.41 Å². The summed E-state index contributed by atoms with van der Waals surface area (Å²) in [5.74, 6) is -2.16. The maximum Gasteiger partial charge on any atom is 0.329 e. The number of rotatable bonds is 0. The monoisotopic (exact) mass is 335 g/mol. The Morgan fingerprint density at radius 3 is 2.61 bits per heavy atom. The molecule has 0 aromatic heterocycles. The molecule has 3 aliphatic rings. The van der Waals surface area contributed by atoms with Crippen molar-refractivity contribution in [2.45, 2.75) is 44.9 Å². The average molecular weight is 336 g/mol. The van der Waals surface area contributed by atoms with Crippen molar-refractivity contribution < 1.29 is 19.1 Å². The number of benzene rings is 1. The number of anilines is 1. The van der Waals surface area contributed by atoms with Gasteiger partial charge in [-0.05, 0) is 30.5 Å². The summed E-state index contributed by atoms with van der Waals surface area (Å²) in [4.78, 5) is 27.8. The third kappa shape index (κ3) is 1.99. The number of ether oxygens (including phenoxy) is 2. The molecule has 0 amide bonds. The first-order chi connectivity index (χ1) is 10.8. The topological polar surface area (TPSA) is 55.8 Å². The average Bonchev–Trinajstić information content (AvgIpc) is 2.94. The second-order valence-corrected chi connectivity index (χ2v) is 7.39. The van der Waals surface area contributed by atoms with Crippen LogP contribution in [-0.4, -0.2) is 30.3 Å². The third-order valence-electron chi connectivity index (χ3n) is 5.05. The first-order valence-corrected chi connectivity index (χ1v) is 8.23. The molecule has 5 nitrogen and oxygen atoms in total. The first kappa shape index (κ1) is 14.8. The van der Waals surface area contributed by atoms with Crippen LogP contribution in [0.2, 0.25) is 5.02 Å². The number of fused-ring (bicyclic) bond motifs is 4. The molecule has 0 bridgehead atoms. The Morgan fingerprint density at radius 1 is 1.22 bits per heavy atom. The van der Waals surface area contributed by atoms with Crippen LogP contribution in [0.5, 0.6) is 0 Å². The molecule has 0 N–H and O–H groups in total. The van der Waals surface area contributed by atoms with Gasteiger partial charge in [0.1, 0.15) is 0 Å².